The predicted octanol–water partition coefficient (Wildman–Crippen LogP) is 24.9. The number of aliphatic hydroxyl groups excluding tert-OH is 7. The second kappa shape index (κ2) is 85.2. The number of carbonyl (C=O) groups is 5. The summed E-state index contributed by atoms with van der Waals surface area (Å²) in [6, 6.07) is -3.12. The molecule has 9 N–H and O–H groups in total. The van der Waals surface area contributed by atoms with Crippen molar-refractivity contribution in [1.82, 2.24) is 10.6 Å². The summed E-state index contributed by atoms with van der Waals surface area (Å²) in [7, 11) is 0. The number of aliphatic hydroxyl groups is 7. The lowest BCUT2D eigenvalue weighted by molar-refractivity contribution is -0.300. The second-order valence-electron chi connectivity index (χ2n) is 38.5. The van der Waals surface area contributed by atoms with Crippen LogP contribution in [0.15, 0.2) is 0 Å². The average molecular weight is 1780 g/mol. The van der Waals surface area contributed by atoms with Crippen LogP contribution in [0, 0.1) is 0 Å². The van der Waals surface area contributed by atoms with E-state index in [0.717, 1.165) is 122 Å². The van der Waals surface area contributed by atoms with Gasteiger partial charge in [0, 0.05) is 6.42 Å². The van der Waals surface area contributed by atoms with Gasteiger partial charge in [-0.05, 0) is 38.5 Å². The van der Waals surface area contributed by atoms with Crippen LogP contribution in [0.5, 0.6) is 0 Å². The van der Waals surface area contributed by atoms with Gasteiger partial charge in [-0.15, -0.1) is 0 Å². The predicted molar refractivity (Wildman–Crippen MR) is 509 cm³/mol. The summed E-state index contributed by atoms with van der Waals surface area (Å²) in [5.74, 6) is -3.57. The van der Waals surface area contributed by atoms with Gasteiger partial charge in [0.05, 0.1) is 57.2 Å². The Hall–Kier alpha value is -3.05. The number of rotatable bonds is 92. The Morgan fingerprint density at radius 3 is 0.864 bits per heavy atom. The molecule has 2 amide bonds. The van der Waals surface area contributed by atoms with Crippen LogP contribution in [-0.4, -0.2) is 164 Å². The highest BCUT2D eigenvalue weighted by Crippen LogP contribution is 2.31. The Bertz CT molecular complexity index is 2430. The standard InChI is InChI=1S/C105H200N2O18/c1-6-11-16-21-26-31-36-37-38-39-40-41-42-43-44-45-46-47-48-49-50-55-60-65-70-75-80-95(114)121-90(79-74-69-64-59-54-35-30-25-20-15-10-5)84-94(113)107-99-103(125-97(116)83-89(111)78-73-68-63-58-53-34-29-24-19-14-9-4)100(117)91(85-108)123-105(99)120-86-92-101(118)102(124-96(115)82-88(110)77-72-67-62-57-52-33-28-23-18-13-8-3)98(104(119)122-92)106-93(112)81-87(109)76-71-66-61-56-51-32-27-22-17-12-7-2/h87-92,98-105,108-111,117-119H,6-86H2,1-5H3,(H,106,112)(H,107,113)/t87-,88-,89-,90-,91-,92-,98-,99-,100-,101-,102-,103-,104?,105-/m1/s1. The van der Waals surface area contributed by atoms with E-state index in [0.29, 0.717) is 57.8 Å². The number of nitrogens with one attached hydrogen (secondary N) is 2. The van der Waals surface area contributed by atoms with Crippen molar-refractivity contribution in [2.24, 2.45) is 0 Å². The molecule has 125 heavy (non-hydrogen) atoms. The van der Waals surface area contributed by atoms with Gasteiger partial charge in [-0.2, -0.15) is 0 Å². The third-order valence-corrected chi connectivity index (χ3v) is 26.4. The number of unbranched alkanes of at least 4 members (excludes halogenated alkanes) is 65. The van der Waals surface area contributed by atoms with Crippen LogP contribution in [-0.2, 0) is 52.4 Å². The van der Waals surface area contributed by atoms with Crippen LogP contribution >= 0.6 is 0 Å². The van der Waals surface area contributed by atoms with E-state index in [9.17, 15) is 59.7 Å². The van der Waals surface area contributed by atoms with Crippen LogP contribution in [0.25, 0.3) is 0 Å². The van der Waals surface area contributed by atoms with Gasteiger partial charge in [-0.1, -0.05) is 471 Å². The topological polar surface area (TPSA) is 306 Å². The maximum Gasteiger partial charge on any atom is 0.308 e. The molecule has 0 saturated carbocycles. The van der Waals surface area contributed by atoms with E-state index in [-0.39, 0.29) is 19.3 Å². The lowest BCUT2D eigenvalue weighted by Gasteiger charge is -2.45. The van der Waals surface area contributed by atoms with Crippen LogP contribution in [0.1, 0.15) is 542 Å². The summed E-state index contributed by atoms with van der Waals surface area (Å²) in [5, 5.41) is 86.1. The molecule has 14 atom stereocenters. The summed E-state index contributed by atoms with van der Waals surface area (Å²) < 4.78 is 36.8. The summed E-state index contributed by atoms with van der Waals surface area (Å²) >= 11 is 0. The van der Waals surface area contributed by atoms with Gasteiger partial charge < -0.3 is 74.8 Å². The first-order chi connectivity index (χ1) is 61.0. The van der Waals surface area contributed by atoms with Crippen LogP contribution in [0.4, 0.5) is 0 Å². The normalized spacial score (nSPS) is 20.0. The van der Waals surface area contributed by atoms with Gasteiger partial charge >= 0.3 is 17.9 Å². The Labute approximate surface area is 765 Å². The molecule has 0 aromatic rings. The average Bonchev–Trinajstić information content (AvgIpc) is 0.790. The van der Waals surface area contributed by atoms with Crippen LogP contribution in [0.3, 0.4) is 0 Å². The van der Waals surface area contributed by atoms with Crippen molar-refractivity contribution >= 4 is 29.7 Å². The maximum absolute atomic E-state index is 14.9. The fraction of sp³-hybridized carbons (Fsp3) is 0.952. The molecule has 0 aromatic heterocycles. The zero-order valence-corrected chi connectivity index (χ0v) is 81.5. The highest BCUT2D eigenvalue weighted by Gasteiger charge is 2.52. The molecule has 0 radical (unpaired) electrons. The third-order valence-electron chi connectivity index (χ3n) is 26.4. The quantitative estimate of drug-likeness (QED) is 0.0155. The van der Waals surface area contributed by atoms with Gasteiger partial charge in [0.15, 0.2) is 24.8 Å². The zero-order chi connectivity index (χ0) is 90.9. The number of carbonyl (C=O) groups excluding carboxylic acids is 5. The van der Waals surface area contributed by atoms with E-state index in [1.807, 2.05) is 0 Å². The number of hydrogen-bond donors (Lipinski definition) is 9. The summed E-state index contributed by atoms with van der Waals surface area (Å²) in [6.07, 6.45) is 64.9. The van der Waals surface area contributed by atoms with Crippen LogP contribution in [0.2, 0.25) is 0 Å². The molecular formula is C105H200N2O18. The molecule has 738 valence electrons. The minimum absolute atomic E-state index is 0.195. The van der Waals surface area contributed by atoms with E-state index in [2.05, 4.69) is 45.3 Å². The smallest absolute Gasteiger partial charge is 0.308 e. The monoisotopic (exact) mass is 1780 g/mol. The van der Waals surface area contributed by atoms with Gasteiger partial charge in [-0.3, -0.25) is 24.0 Å². The summed E-state index contributed by atoms with van der Waals surface area (Å²) in [6.45, 7) is 9.66. The Morgan fingerprint density at radius 2 is 0.552 bits per heavy atom. The molecule has 2 fully saturated rings. The van der Waals surface area contributed by atoms with Crippen molar-refractivity contribution in [3.05, 3.63) is 0 Å². The van der Waals surface area contributed by atoms with Crippen LogP contribution < -0.4 is 10.6 Å². The Kier molecular flexibility index (Phi) is 80.4. The molecule has 20 nitrogen and oxygen atoms in total. The highest BCUT2D eigenvalue weighted by atomic mass is 16.7. The van der Waals surface area contributed by atoms with Crippen molar-refractivity contribution in [2.75, 3.05) is 13.2 Å². The lowest BCUT2D eigenvalue weighted by Crippen LogP contribution is -2.67. The molecule has 1 unspecified atom stereocenters. The van der Waals surface area contributed by atoms with E-state index in [1.54, 1.807) is 0 Å². The number of hydrogen-bond acceptors (Lipinski definition) is 18. The first-order valence-corrected chi connectivity index (χ1v) is 53.8. The minimum atomic E-state index is -1.95. The van der Waals surface area contributed by atoms with Gasteiger partial charge in [-0.25, -0.2) is 0 Å². The molecule has 20 heteroatoms. The summed E-state index contributed by atoms with van der Waals surface area (Å²) in [4.78, 5) is 70.6. The first kappa shape index (κ1) is 118. The zero-order valence-electron chi connectivity index (χ0n) is 81.5. The van der Waals surface area contributed by atoms with E-state index < -0.39 is 141 Å². The number of esters is 3. The van der Waals surface area contributed by atoms with Crippen molar-refractivity contribution in [3.8, 4) is 0 Å². The Morgan fingerprint density at radius 1 is 0.296 bits per heavy atom. The summed E-state index contributed by atoms with van der Waals surface area (Å²) in [5.41, 5.74) is 0. The lowest BCUT2D eigenvalue weighted by atomic mass is 9.95. The third kappa shape index (κ3) is 66.9. The van der Waals surface area contributed by atoms with Crippen molar-refractivity contribution in [2.45, 2.75) is 628 Å². The molecular weight excluding hydrogens is 1580 g/mol. The first-order valence-electron chi connectivity index (χ1n) is 53.8. The SMILES string of the molecule is CCCCCCCCCCCCCCCCCCCCCCCCCCCCC(=O)O[C@H](CCCCCCCCCCCCC)CC(=O)N[C@H]1[C@H](OC[C@H]2OC(O)[C@H](NC(=O)C[C@H](O)CCCCCCCCCCCCC)[C@@H](OC(=O)C[C@H](O)CCCCCCCCCCCCC)[C@@H]2O)O[C@H](CO)[C@@H](O)[C@@H]1OC(=O)C[C@H](O)CCCCCCCCCCCCC. The van der Waals surface area contributed by atoms with Gasteiger partial charge in [0.1, 0.15) is 42.6 Å². The minimum Gasteiger partial charge on any atom is -0.462 e. The van der Waals surface area contributed by atoms with Crippen molar-refractivity contribution in [1.29, 1.82) is 0 Å². The molecule has 0 spiro atoms. The number of ether oxygens (including phenoxy) is 6. The fourth-order valence-corrected chi connectivity index (χ4v) is 18.3. The molecule has 0 aromatic carbocycles. The highest BCUT2D eigenvalue weighted by molar-refractivity contribution is 5.78. The molecule has 2 rings (SSSR count). The van der Waals surface area contributed by atoms with Gasteiger partial charge in [0.25, 0.3) is 0 Å². The van der Waals surface area contributed by atoms with Crippen molar-refractivity contribution < 1.29 is 88.1 Å². The van der Waals surface area contributed by atoms with E-state index in [4.69, 9.17) is 28.4 Å². The largest absolute Gasteiger partial charge is 0.462 e. The number of amides is 2. The molecule has 2 aliphatic heterocycles. The van der Waals surface area contributed by atoms with E-state index in [1.165, 1.54) is 295 Å². The van der Waals surface area contributed by atoms with Crippen molar-refractivity contribution in [3.63, 3.8) is 0 Å². The van der Waals surface area contributed by atoms with E-state index >= 15 is 0 Å². The molecule has 2 aliphatic rings. The molecule has 2 heterocycles. The molecule has 0 aliphatic carbocycles. The van der Waals surface area contributed by atoms with Gasteiger partial charge in [0.2, 0.25) is 11.8 Å². The molecule has 0 bridgehead atoms. The Balaban J connectivity index is 2.32. The fourth-order valence-electron chi connectivity index (χ4n) is 18.3. The molecule has 2 saturated heterocycles. The maximum atomic E-state index is 14.9. The second-order valence-corrected chi connectivity index (χ2v) is 38.5.